The second-order valence-corrected chi connectivity index (χ2v) is 11.3. The number of rotatable bonds is 3. The minimum absolute atomic E-state index is 0.168. The summed E-state index contributed by atoms with van der Waals surface area (Å²) in [7, 11) is 0. The van der Waals surface area contributed by atoms with Crippen LogP contribution in [0.4, 0.5) is 10.1 Å². The van der Waals surface area contributed by atoms with Crippen molar-refractivity contribution in [3.8, 4) is 0 Å². The van der Waals surface area contributed by atoms with Crippen LogP contribution in [-0.4, -0.2) is 28.0 Å². The molecule has 2 aliphatic rings. The summed E-state index contributed by atoms with van der Waals surface area (Å²) in [6, 6.07) is 20.5. The lowest BCUT2D eigenvalue weighted by Gasteiger charge is -2.33. The van der Waals surface area contributed by atoms with Crippen molar-refractivity contribution < 1.29 is 14.0 Å². The zero-order valence-electron chi connectivity index (χ0n) is 18.2. The number of nitrogens with zero attached hydrogens (tertiary/aromatic N) is 2. The fourth-order valence-corrected chi connectivity index (χ4v) is 6.58. The van der Waals surface area contributed by atoms with Gasteiger partial charge in [0, 0.05) is 27.4 Å². The van der Waals surface area contributed by atoms with E-state index < -0.39 is 4.87 Å². The van der Waals surface area contributed by atoms with E-state index in [1.54, 1.807) is 46.2 Å². The molecule has 168 valence electrons. The minimum atomic E-state index is -1.18. The van der Waals surface area contributed by atoms with Crippen LogP contribution in [0.5, 0.6) is 0 Å². The highest BCUT2D eigenvalue weighted by Crippen LogP contribution is 2.60. The number of para-hydroxylation sites is 1. The molecule has 1 atom stereocenters. The number of carbonyl (C=O) groups is 2. The van der Waals surface area contributed by atoms with E-state index in [9.17, 15) is 14.0 Å². The Kier molecular flexibility index (Phi) is 5.26. The number of anilines is 1. The molecule has 1 fully saturated rings. The third-order valence-electron chi connectivity index (χ3n) is 6.01. The molecule has 1 spiro atoms. The van der Waals surface area contributed by atoms with Crippen LogP contribution >= 0.6 is 23.4 Å². The highest BCUT2D eigenvalue weighted by atomic mass is 35.5. The molecule has 0 bridgehead atoms. The molecule has 0 saturated carbocycles. The van der Waals surface area contributed by atoms with E-state index in [1.807, 2.05) is 38.1 Å². The number of halogens is 2. The predicted molar refractivity (Wildman–Crippen MR) is 130 cm³/mol. The van der Waals surface area contributed by atoms with Crippen LogP contribution in [0.15, 0.2) is 72.8 Å². The second kappa shape index (κ2) is 7.89. The average Bonchev–Trinajstić information content (AvgIpc) is 3.21. The van der Waals surface area contributed by atoms with Crippen LogP contribution in [0.1, 0.15) is 35.3 Å². The third kappa shape index (κ3) is 3.62. The maximum atomic E-state index is 14.2. The zero-order chi connectivity index (χ0) is 23.4. The normalized spacial score (nSPS) is 21.0. The summed E-state index contributed by atoms with van der Waals surface area (Å²) in [5.74, 6) is -0.726. The summed E-state index contributed by atoms with van der Waals surface area (Å²) in [6.45, 7) is 4.79. The summed E-state index contributed by atoms with van der Waals surface area (Å²) in [5.41, 5.74) is 2.82. The number of carbonyl (C=O) groups excluding carboxylic acids is 2. The van der Waals surface area contributed by atoms with Gasteiger partial charge in [-0.15, -0.1) is 11.8 Å². The Labute approximate surface area is 201 Å². The van der Waals surface area contributed by atoms with Gasteiger partial charge in [-0.3, -0.25) is 9.59 Å². The lowest BCUT2D eigenvalue weighted by molar-refractivity contribution is -0.123. The first-order valence-electron chi connectivity index (χ1n) is 10.6. The Morgan fingerprint density at radius 3 is 2.52 bits per heavy atom. The molecule has 0 unspecified atom stereocenters. The zero-order valence-corrected chi connectivity index (χ0v) is 19.8. The van der Waals surface area contributed by atoms with Gasteiger partial charge in [0.25, 0.3) is 11.8 Å². The molecular weight excluding hydrogens is 459 g/mol. The smallest absolute Gasteiger partial charge is 0.268 e. The van der Waals surface area contributed by atoms with Gasteiger partial charge in [-0.2, -0.15) is 0 Å². The molecule has 0 N–H and O–H groups in total. The molecular formula is C26H22ClFN2O2S. The molecule has 3 aromatic rings. The van der Waals surface area contributed by atoms with Gasteiger partial charge in [-0.05, 0) is 55.8 Å². The Balaban J connectivity index is 1.62. The van der Waals surface area contributed by atoms with Crippen molar-refractivity contribution in [3.63, 3.8) is 0 Å². The number of amides is 2. The number of hydrogen-bond donors (Lipinski definition) is 0. The van der Waals surface area contributed by atoms with Crippen LogP contribution < -0.4 is 4.90 Å². The van der Waals surface area contributed by atoms with Crippen LogP contribution in [0.3, 0.4) is 0 Å². The number of hydrogen-bond acceptors (Lipinski definition) is 3. The van der Waals surface area contributed by atoms with Gasteiger partial charge in [0.05, 0.1) is 12.2 Å². The van der Waals surface area contributed by atoms with E-state index in [0.29, 0.717) is 17.1 Å². The fourth-order valence-electron chi connectivity index (χ4n) is 4.66. The number of thioether (sulfide) groups is 1. The van der Waals surface area contributed by atoms with E-state index in [2.05, 4.69) is 0 Å². The first kappa shape index (κ1) is 22.0. The predicted octanol–water partition coefficient (Wildman–Crippen LogP) is 5.85. The Hall–Kier alpha value is -2.83. The van der Waals surface area contributed by atoms with E-state index in [0.717, 1.165) is 16.8 Å². The fraction of sp³-hybridized carbons (Fsp3) is 0.231. The van der Waals surface area contributed by atoms with Crippen molar-refractivity contribution in [1.29, 1.82) is 0 Å². The van der Waals surface area contributed by atoms with Crippen LogP contribution in [0, 0.1) is 5.82 Å². The van der Waals surface area contributed by atoms with Gasteiger partial charge >= 0.3 is 0 Å². The van der Waals surface area contributed by atoms with Crippen molar-refractivity contribution in [2.24, 2.45) is 0 Å². The van der Waals surface area contributed by atoms with E-state index in [1.165, 1.54) is 23.9 Å². The van der Waals surface area contributed by atoms with Crippen molar-refractivity contribution in [2.45, 2.75) is 30.0 Å². The summed E-state index contributed by atoms with van der Waals surface area (Å²) >= 11 is 7.66. The van der Waals surface area contributed by atoms with Crippen molar-refractivity contribution in [3.05, 3.63) is 100 Å². The molecule has 0 radical (unpaired) electrons. The highest BCUT2D eigenvalue weighted by Gasteiger charge is 2.63. The molecule has 33 heavy (non-hydrogen) atoms. The van der Waals surface area contributed by atoms with E-state index in [-0.39, 0.29) is 28.9 Å². The standard InChI is InChI=1S/C26H22ClFN2O2S/c1-25(2)16-30(23(31)18-6-5-7-19(27)14-18)26(33-25)21-8-3-4-9-22(21)29(24(26)32)15-17-10-12-20(28)13-11-17/h3-14H,15-16H2,1-2H3/t26-/m1/s1. The van der Waals surface area contributed by atoms with Gasteiger partial charge < -0.3 is 9.80 Å². The topological polar surface area (TPSA) is 40.6 Å². The van der Waals surface area contributed by atoms with Crippen molar-refractivity contribution in [2.75, 3.05) is 11.4 Å². The van der Waals surface area contributed by atoms with Gasteiger partial charge in [0.1, 0.15) is 5.82 Å². The van der Waals surface area contributed by atoms with E-state index in [4.69, 9.17) is 11.6 Å². The maximum Gasteiger partial charge on any atom is 0.268 e. The lowest BCUT2D eigenvalue weighted by atomic mass is 10.0. The first-order chi connectivity index (χ1) is 15.7. The largest absolute Gasteiger partial charge is 0.310 e. The number of benzene rings is 3. The summed E-state index contributed by atoms with van der Waals surface area (Å²) in [6.07, 6.45) is 0. The SMILES string of the molecule is CC1(C)CN(C(=O)c2cccc(Cl)c2)[C@]2(S1)C(=O)N(Cc1ccc(F)cc1)c1ccccc12. The van der Waals surface area contributed by atoms with Gasteiger partial charge in [-0.25, -0.2) is 4.39 Å². The quantitative estimate of drug-likeness (QED) is 0.472. The van der Waals surface area contributed by atoms with Crippen LogP contribution in [0.25, 0.3) is 0 Å². The van der Waals surface area contributed by atoms with E-state index >= 15 is 0 Å². The summed E-state index contributed by atoms with van der Waals surface area (Å²) < 4.78 is 13.1. The molecule has 2 aliphatic heterocycles. The molecule has 0 aromatic heterocycles. The highest BCUT2D eigenvalue weighted by molar-refractivity contribution is 8.02. The minimum Gasteiger partial charge on any atom is -0.310 e. The monoisotopic (exact) mass is 480 g/mol. The first-order valence-corrected chi connectivity index (χ1v) is 11.8. The molecule has 0 aliphatic carbocycles. The van der Waals surface area contributed by atoms with Crippen LogP contribution in [0.2, 0.25) is 5.02 Å². The van der Waals surface area contributed by atoms with Gasteiger partial charge in [-0.1, -0.05) is 48.0 Å². The molecule has 2 heterocycles. The van der Waals surface area contributed by atoms with Crippen LogP contribution in [-0.2, 0) is 16.2 Å². The summed E-state index contributed by atoms with van der Waals surface area (Å²) in [5, 5.41) is 0.470. The molecule has 3 aromatic carbocycles. The molecule has 2 amide bonds. The summed E-state index contributed by atoms with van der Waals surface area (Å²) in [4.78, 5) is 30.1. The Morgan fingerprint density at radius 1 is 1.06 bits per heavy atom. The Bertz CT molecular complexity index is 1260. The third-order valence-corrected chi connectivity index (χ3v) is 7.84. The number of fused-ring (bicyclic) bond motifs is 2. The molecule has 1 saturated heterocycles. The van der Waals surface area contributed by atoms with Crippen molar-refractivity contribution in [1.82, 2.24) is 4.90 Å². The Morgan fingerprint density at radius 2 is 1.79 bits per heavy atom. The molecule has 5 rings (SSSR count). The van der Waals surface area contributed by atoms with Crippen molar-refractivity contribution >= 4 is 40.9 Å². The van der Waals surface area contributed by atoms with Gasteiger partial charge in [0.15, 0.2) is 4.87 Å². The van der Waals surface area contributed by atoms with Gasteiger partial charge in [0.2, 0.25) is 0 Å². The average molecular weight is 481 g/mol. The lowest BCUT2D eigenvalue weighted by Crippen LogP contribution is -2.50. The molecule has 7 heteroatoms. The molecule has 4 nitrogen and oxygen atoms in total. The second-order valence-electron chi connectivity index (χ2n) is 8.94. The maximum absolute atomic E-state index is 14.2.